The van der Waals surface area contributed by atoms with Crippen LogP contribution in [0.3, 0.4) is 0 Å². The van der Waals surface area contributed by atoms with E-state index >= 15 is 0 Å². The topological polar surface area (TPSA) is 6.48 Å². The third-order valence-corrected chi connectivity index (χ3v) is 9.00. The van der Waals surface area contributed by atoms with Crippen molar-refractivity contribution in [1.82, 2.24) is 9.34 Å². The Kier molecular flexibility index (Phi) is 4.29. The molecule has 0 unspecified atom stereocenters. The van der Waals surface area contributed by atoms with Gasteiger partial charge >= 0.3 is 102 Å². The molecular weight excluding hydrogens is 314 g/mol. The predicted molar refractivity (Wildman–Crippen MR) is 52.5 cm³/mol. The van der Waals surface area contributed by atoms with Crippen LogP contribution in [0.15, 0.2) is 0 Å². The summed E-state index contributed by atoms with van der Waals surface area (Å²) in [5.41, 5.74) is 0. The van der Waals surface area contributed by atoms with Crippen LogP contribution in [0.5, 0.6) is 0 Å². The van der Waals surface area contributed by atoms with Crippen LogP contribution in [-0.2, 0) is 0 Å². The molecule has 2 nitrogen and oxygen atoms in total. The van der Waals surface area contributed by atoms with Crippen LogP contribution in [0.1, 0.15) is 0 Å². The molecule has 0 aliphatic rings. The Balaban J connectivity index is 7.12. The zero-order chi connectivity index (χ0) is 16.1. The van der Waals surface area contributed by atoms with Crippen LogP contribution in [0.2, 0.25) is 0 Å². The number of alkyl halides is 9. The van der Waals surface area contributed by atoms with E-state index in [0.717, 1.165) is 0 Å². The van der Waals surface area contributed by atoms with E-state index < -0.39 is 34.0 Å². The first-order chi connectivity index (χ1) is 8.00. The number of hydrogen-bond acceptors (Lipinski definition) is 2. The van der Waals surface area contributed by atoms with Gasteiger partial charge in [-0.1, -0.05) is 0 Å². The van der Waals surface area contributed by atoms with Crippen molar-refractivity contribution in [3.8, 4) is 0 Å². The average Bonchev–Trinajstić information content (AvgIpc) is 1.92. The van der Waals surface area contributed by atoms with Gasteiger partial charge in [0.25, 0.3) is 0 Å². The molecular formula is C7H12F9N2P. The van der Waals surface area contributed by atoms with Crippen molar-refractivity contribution in [3.63, 3.8) is 0 Å². The Hall–Kier alpha value is -0.280. The first-order valence-electron chi connectivity index (χ1n) is 4.56. The van der Waals surface area contributed by atoms with Crippen LogP contribution in [-0.4, -0.2) is 55.3 Å². The second-order valence-corrected chi connectivity index (χ2v) is 9.29. The number of halogens is 9. The van der Waals surface area contributed by atoms with Gasteiger partial charge in [0, 0.05) is 0 Å². The van der Waals surface area contributed by atoms with Gasteiger partial charge in [-0.3, -0.25) is 0 Å². The quantitative estimate of drug-likeness (QED) is 0.558. The molecule has 0 radical (unpaired) electrons. The summed E-state index contributed by atoms with van der Waals surface area (Å²) in [5.74, 6) is -19.6. The van der Waals surface area contributed by atoms with Crippen molar-refractivity contribution in [3.05, 3.63) is 0 Å². The van der Waals surface area contributed by atoms with Crippen LogP contribution >= 0.6 is 6.90 Å². The third kappa shape index (κ3) is 1.64. The Morgan fingerprint density at radius 1 is 0.526 bits per heavy atom. The van der Waals surface area contributed by atoms with Gasteiger partial charge in [0.2, 0.25) is 0 Å². The number of nitrogens with zero attached hydrogens (tertiary/aromatic N) is 2. The summed E-state index contributed by atoms with van der Waals surface area (Å²) < 4.78 is 116. The van der Waals surface area contributed by atoms with Gasteiger partial charge < -0.3 is 0 Å². The molecule has 0 spiro atoms. The normalized spacial score (nSPS) is 17.7. The molecule has 0 atom stereocenters. The Labute approximate surface area is 103 Å². The van der Waals surface area contributed by atoms with Gasteiger partial charge in [-0.05, 0) is 0 Å². The van der Waals surface area contributed by atoms with Gasteiger partial charge in [-0.15, -0.1) is 0 Å². The van der Waals surface area contributed by atoms with Gasteiger partial charge in [0.05, 0.1) is 0 Å². The molecule has 0 fully saturated rings. The summed E-state index contributed by atoms with van der Waals surface area (Å²) in [6, 6.07) is 0. The van der Waals surface area contributed by atoms with E-state index in [9.17, 15) is 39.5 Å². The minimum atomic E-state index is -8.45. The second kappa shape index (κ2) is 4.36. The summed E-state index contributed by atoms with van der Waals surface area (Å²) in [4.78, 5) is 0. The molecule has 19 heavy (non-hydrogen) atoms. The SMILES string of the molecule is CN(C)P(N(C)C)(C(F)(F)F)(C(F)(F)F)C(F)(F)F. The number of hydrogen-bond donors (Lipinski definition) is 0. The second-order valence-electron chi connectivity index (χ2n) is 4.12. The molecule has 12 heteroatoms. The predicted octanol–water partition coefficient (Wildman–Crippen LogP) is 4.05. The van der Waals surface area contributed by atoms with E-state index in [4.69, 9.17) is 0 Å². The fourth-order valence-corrected chi connectivity index (χ4v) is 6.45. The van der Waals surface area contributed by atoms with E-state index in [1.807, 2.05) is 0 Å². The molecule has 0 saturated carbocycles. The fraction of sp³-hybridized carbons (Fsp3) is 1.00. The Bertz CT molecular complexity index is 289. The zero-order valence-electron chi connectivity index (χ0n) is 10.2. The molecule has 0 aromatic rings. The summed E-state index contributed by atoms with van der Waals surface area (Å²) >= 11 is 0. The standard InChI is InChI=1S/C7H12F9N2P/c1-17(2)19(18(3)4,5(8,9)10,6(11,12)13)7(14,15)16/h1-4H3. The van der Waals surface area contributed by atoms with Crippen molar-refractivity contribution >= 4 is 6.90 Å². The molecule has 0 rings (SSSR count). The maximum atomic E-state index is 13.1. The van der Waals surface area contributed by atoms with Crippen LogP contribution in [0.25, 0.3) is 0 Å². The first-order valence-corrected chi connectivity index (χ1v) is 6.70. The van der Waals surface area contributed by atoms with Crippen molar-refractivity contribution in [2.45, 2.75) is 17.8 Å². The van der Waals surface area contributed by atoms with E-state index in [1.54, 1.807) is 0 Å². The first kappa shape index (κ1) is 18.7. The molecule has 0 amide bonds. The summed E-state index contributed by atoms with van der Waals surface area (Å²) in [7, 11) is 0.525. The van der Waals surface area contributed by atoms with Crippen molar-refractivity contribution in [2.75, 3.05) is 28.2 Å². The molecule has 0 bridgehead atoms. The Morgan fingerprint density at radius 3 is 0.684 bits per heavy atom. The van der Waals surface area contributed by atoms with Crippen LogP contribution in [0, 0.1) is 0 Å². The van der Waals surface area contributed by atoms with Crippen molar-refractivity contribution in [1.29, 1.82) is 0 Å². The molecule has 118 valence electrons. The van der Waals surface area contributed by atoms with E-state index in [2.05, 4.69) is 0 Å². The number of rotatable bonds is 2. The van der Waals surface area contributed by atoms with E-state index in [-0.39, 0.29) is 28.2 Å². The summed E-state index contributed by atoms with van der Waals surface area (Å²) in [6.07, 6.45) is 0. The monoisotopic (exact) mass is 326 g/mol. The van der Waals surface area contributed by atoms with Gasteiger partial charge in [0.1, 0.15) is 0 Å². The van der Waals surface area contributed by atoms with Gasteiger partial charge in [-0.2, -0.15) is 0 Å². The average molecular weight is 326 g/mol. The van der Waals surface area contributed by atoms with Gasteiger partial charge in [0.15, 0.2) is 0 Å². The van der Waals surface area contributed by atoms with E-state index in [1.165, 1.54) is 0 Å². The van der Waals surface area contributed by atoms with Crippen LogP contribution in [0.4, 0.5) is 39.5 Å². The van der Waals surface area contributed by atoms with E-state index in [0.29, 0.717) is 0 Å². The molecule has 0 aromatic carbocycles. The maximum absolute atomic E-state index is 13.1. The summed E-state index contributed by atoms with van der Waals surface area (Å²) in [5, 5.41) is 0. The summed E-state index contributed by atoms with van der Waals surface area (Å²) in [6.45, 7) is -8.45. The molecule has 0 aliphatic carbocycles. The van der Waals surface area contributed by atoms with Crippen molar-refractivity contribution < 1.29 is 39.5 Å². The molecule has 0 aliphatic heterocycles. The van der Waals surface area contributed by atoms with Gasteiger partial charge in [-0.25, -0.2) is 0 Å². The molecule has 0 saturated heterocycles. The zero-order valence-corrected chi connectivity index (χ0v) is 11.1. The third-order valence-electron chi connectivity index (χ3n) is 3.00. The Morgan fingerprint density at radius 2 is 0.684 bits per heavy atom. The molecule has 0 N–H and O–H groups in total. The van der Waals surface area contributed by atoms with Crippen LogP contribution < -0.4 is 0 Å². The molecule has 0 heterocycles. The minimum absolute atomic E-state index is 0.131. The molecule has 0 aromatic heterocycles. The van der Waals surface area contributed by atoms with Crippen molar-refractivity contribution in [2.24, 2.45) is 0 Å². The fourth-order valence-electron chi connectivity index (χ4n) is 2.15.